The van der Waals surface area contributed by atoms with Crippen molar-refractivity contribution in [3.63, 3.8) is 0 Å². The number of alkyl halides is 2. The summed E-state index contributed by atoms with van der Waals surface area (Å²) >= 11 is 0. The summed E-state index contributed by atoms with van der Waals surface area (Å²) < 4.78 is 70.0. The summed E-state index contributed by atoms with van der Waals surface area (Å²) in [6, 6.07) is 0. The van der Waals surface area contributed by atoms with Gasteiger partial charge in [0.25, 0.3) is 5.85 Å². The maximum absolute atomic E-state index is 16.1. The van der Waals surface area contributed by atoms with Gasteiger partial charge in [0, 0.05) is 7.11 Å². The van der Waals surface area contributed by atoms with E-state index in [4.69, 9.17) is 28.8 Å². The standard InChI is InChI=1S/C15H22F2N5O6P/c1-5-25-11-9-10(20-13(18)21-11)22(8-19-9)14(3,16)12-15(17,24-4)7-27-29(23,28-12)26-6-2/h8,12H,5-7H2,1-4H3,(H2,18,20,21). The summed E-state index contributed by atoms with van der Waals surface area (Å²) in [5.41, 5.74) is 5.71. The Labute approximate surface area is 165 Å². The lowest BCUT2D eigenvalue weighted by molar-refractivity contribution is -0.269. The van der Waals surface area contributed by atoms with Crippen LogP contribution in [0.5, 0.6) is 5.88 Å². The lowest BCUT2D eigenvalue weighted by Crippen LogP contribution is -2.58. The molecule has 0 aromatic carbocycles. The van der Waals surface area contributed by atoms with Crippen molar-refractivity contribution in [1.82, 2.24) is 19.5 Å². The molecule has 2 aromatic heterocycles. The number of nitrogens with zero attached hydrogens (tertiary/aromatic N) is 4. The molecule has 1 fully saturated rings. The first-order valence-corrected chi connectivity index (χ1v) is 10.2. The van der Waals surface area contributed by atoms with E-state index in [-0.39, 0.29) is 36.2 Å². The molecule has 11 nitrogen and oxygen atoms in total. The van der Waals surface area contributed by atoms with Crippen LogP contribution in [0.3, 0.4) is 0 Å². The van der Waals surface area contributed by atoms with Crippen molar-refractivity contribution in [2.24, 2.45) is 0 Å². The fourth-order valence-electron chi connectivity index (χ4n) is 2.94. The Morgan fingerprint density at radius 1 is 1.45 bits per heavy atom. The van der Waals surface area contributed by atoms with Gasteiger partial charge in [0.2, 0.25) is 17.6 Å². The molecule has 0 radical (unpaired) electrons. The first kappa shape index (κ1) is 21.8. The van der Waals surface area contributed by atoms with E-state index in [9.17, 15) is 4.57 Å². The molecule has 4 atom stereocenters. The van der Waals surface area contributed by atoms with Crippen LogP contribution in [0, 0.1) is 0 Å². The minimum Gasteiger partial charge on any atom is -0.476 e. The van der Waals surface area contributed by atoms with Crippen molar-refractivity contribution >= 4 is 24.9 Å². The van der Waals surface area contributed by atoms with E-state index in [0.717, 1.165) is 24.9 Å². The lowest BCUT2D eigenvalue weighted by Gasteiger charge is -2.43. The van der Waals surface area contributed by atoms with Gasteiger partial charge < -0.3 is 15.2 Å². The zero-order chi connectivity index (χ0) is 21.4. The highest BCUT2D eigenvalue weighted by atomic mass is 31.2. The Hall–Kier alpha value is -1.92. The summed E-state index contributed by atoms with van der Waals surface area (Å²) in [7, 11) is -3.22. The van der Waals surface area contributed by atoms with Gasteiger partial charge in [-0.05, 0) is 20.8 Å². The molecule has 1 aliphatic heterocycles. The highest BCUT2D eigenvalue weighted by Crippen LogP contribution is 2.59. The first-order chi connectivity index (χ1) is 13.6. The monoisotopic (exact) mass is 437 g/mol. The van der Waals surface area contributed by atoms with Gasteiger partial charge in [-0.25, -0.2) is 18.3 Å². The number of methoxy groups -OCH3 is 1. The van der Waals surface area contributed by atoms with Gasteiger partial charge in [0.1, 0.15) is 6.61 Å². The Morgan fingerprint density at radius 3 is 2.79 bits per heavy atom. The van der Waals surface area contributed by atoms with Crippen LogP contribution >= 0.6 is 7.82 Å². The summed E-state index contributed by atoms with van der Waals surface area (Å²) in [5, 5.41) is 0. The van der Waals surface area contributed by atoms with Gasteiger partial charge in [0.15, 0.2) is 17.3 Å². The maximum atomic E-state index is 16.1. The van der Waals surface area contributed by atoms with Crippen molar-refractivity contribution < 1.29 is 36.4 Å². The fraction of sp³-hybridized carbons (Fsp3) is 0.667. The first-order valence-electron chi connectivity index (χ1n) is 8.74. The van der Waals surface area contributed by atoms with Crippen molar-refractivity contribution in [1.29, 1.82) is 0 Å². The number of hydrogen-bond acceptors (Lipinski definition) is 10. The van der Waals surface area contributed by atoms with E-state index in [1.54, 1.807) is 6.92 Å². The average Bonchev–Trinajstić information content (AvgIpc) is 3.09. The number of phosphoric acid groups is 1. The zero-order valence-corrected chi connectivity index (χ0v) is 17.2. The second-order valence-electron chi connectivity index (χ2n) is 6.24. The topological polar surface area (TPSA) is 133 Å². The molecule has 0 aliphatic carbocycles. The second-order valence-corrected chi connectivity index (χ2v) is 7.87. The minimum absolute atomic E-state index is 0.0377. The molecule has 3 rings (SSSR count). The Balaban J connectivity index is 2.12. The summed E-state index contributed by atoms with van der Waals surface area (Å²) in [5.74, 6) is -5.66. The summed E-state index contributed by atoms with van der Waals surface area (Å²) in [6.07, 6.45) is -1.00. The van der Waals surface area contributed by atoms with Crippen molar-refractivity contribution in [3.05, 3.63) is 6.33 Å². The van der Waals surface area contributed by atoms with Gasteiger partial charge in [-0.3, -0.25) is 18.1 Å². The zero-order valence-electron chi connectivity index (χ0n) is 16.3. The van der Waals surface area contributed by atoms with E-state index in [1.807, 2.05) is 0 Å². The van der Waals surface area contributed by atoms with Crippen LogP contribution in [0.1, 0.15) is 20.8 Å². The van der Waals surface area contributed by atoms with E-state index < -0.39 is 32.2 Å². The van der Waals surface area contributed by atoms with Crippen LogP contribution in [0.15, 0.2) is 6.33 Å². The van der Waals surface area contributed by atoms with E-state index in [0.29, 0.717) is 0 Å². The number of aromatic nitrogens is 4. The number of imidazole rings is 1. The molecule has 0 saturated carbocycles. The van der Waals surface area contributed by atoms with Gasteiger partial charge in [-0.15, -0.1) is 0 Å². The number of anilines is 1. The molecule has 0 bridgehead atoms. The molecule has 2 N–H and O–H groups in total. The number of fused-ring (bicyclic) bond motifs is 1. The molecule has 1 aliphatic rings. The number of nitrogens with two attached hydrogens (primary N) is 1. The molecule has 0 amide bonds. The SMILES string of the molecule is CCOc1nc(N)nc2c1ncn2C(C)(F)C1OP(=O)(OCC)OCC1(F)OC. The number of hydrogen-bond donors (Lipinski definition) is 1. The summed E-state index contributed by atoms with van der Waals surface area (Å²) in [6.45, 7) is 3.56. The van der Waals surface area contributed by atoms with Crippen LogP contribution < -0.4 is 10.5 Å². The molecule has 162 valence electrons. The van der Waals surface area contributed by atoms with E-state index in [1.165, 1.54) is 6.92 Å². The number of rotatable bonds is 7. The highest BCUT2D eigenvalue weighted by molar-refractivity contribution is 7.48. The molecule has 4 unspecified atom stereocenters. The van der Waals surface area contributed by atoms with Crippen LogP contribution in [-0.4, -0.2) is 58.4 Å². The third kappa shape index (κ3) is 3.80. The molecule has 3 heterocycles. The van der Waals surface area contributed by atoms with Crippen LogP contribution in [-0.2, 0) is 28.7 Å². The quantitative estimate of drug-likeness (QED) is 0.643. The largest absolute Gasteiger partial charge is 0.476 e. The summed E-state index contributed by atoms with van der Waals surface area (Å²) in [4.78, 5) is 12.0. The molecule has 1 saturated heterocycles. The average molecular weight is 437 g/mol. The second kappa shape index (κ2) is 7.73. The molecular weight excluding hydrogens is 415 g/mol. The van der Waals surface area contributed by atoms with Gasteiger partial charge in [-0.1, -0.05) is 0 Å². The smallest absolute Gasteiger partial charge is 0.475 e. The Morgan fingerprint density at radius 2 is 2.17 bits per heavy atom. The Kier molecular flexibility index (Phi) is 5.80. The van der Waals surface area contributed by atoms with Crippen molar-refractivity contribution in [2.45, 2.75) is 38.5 Å². The lowest BCUT2D eigenvalue weighted by atomic mass is 10.0. The van der Waals surface area contributed by atoms with Crippen LogP contribution in [0.4, 0.5) is 14.7 Å². The minimum atomic E-state index is -4.23. The van der Waals surface area contributed by atoms with E-state index >= 15 is 8.78 Å². The highest BCUT2D eigenvalue weighted by Gasteiger charge is 2.61. The molecule has 14 heteroatoms. The Bertz CT molecular complexity index is 943. The number of ether oxygens (including phenoxy) is 2. The third-order valence-electron chi connectivity index (χ3n) is 4.28. The van der Waals surface area contributed by atoms with Crippen LogP contribution in [0.2, 0.25) is 0 Å². The van der Waals surface area contributed by atoms with Crippen LogP contribution in [0.25, 0.3) is 11.2 Å². The number of nitrogen functional groups attached to an aromatic ring is 1. The molecule has 29 heavy (non-hydrogen) atoms. The van der Waals surface area contributed by atoms with Gasteiger partial charge >= 0.3 is 7.82 Å². The molecule has 2 aromatic rings. The predicted molar refractivity (Wildman–Crippen MR) is 96.6 cm³/mol. The third-order valence-corrected chi connectivity index (χ3v) is 5.77. The van der Waals surface area contributed by atoms with Crippen molar-refractivity contribution in [3.8, 4) is 5.88 Å². The fourth-order valence-corrected chi connectivity index (χ4v) is 4.39. The molecule has 0 spiro atoms. The maximum Gasteiger partial charge on any atom is 0.475 e. The van der Waals surface area contributed by atoms with E-state index in [2.05, 4.69) is 15.0 Å². The normalized spacial score (nSPS) is 29.7. The molecular formula is C15H22F2N5O6P. The van der Waals surface area contributed by atoms with Gasteiger partial charge in [0.05, 0.1) is 19.5 Å². The van der Waals surface area contributed by atoms with Crippen molar-refractivity contribution in [2.75, 3.05) is 32.7 Å². The number of phosphoric ester groups is 1. The predicted octanol–water partition coefficient (Wildman–Crippen LogP) is 2.32. The number of halogens is 2. The van der Waals surface area contributed by atoms with Gasteiger partial charge in [-0.2, -0.15) is 9.97 Å².